The molecule has 4 nitrogen and oxygen atoms in total. The van der Waals surface area contributed by atoms with Crippen LogP contribution in [0, 0.1) is 11.3 Å². The molecular weight excluding hydrogens is 262 g/mol. The molecule has 1 aromatic carbocycles. The van der Waals surface area contributed by atoms with Gasteiger partial charge in [0.25, 0.3) is 0 Å². The number of para-hydroxylation sites is 1. The number of hydrogen-bond acceptors (Lipinski definition) is 4. The van der Waals surface area contributed by atoms with Crippen LogP contribution in [0.2, 0.25) is 0 Å². The van der Waals surface area contributed by atoms with Crippen LogP contribution in [-0.2, 0) is 0 Å². The zero-order valence-corrected chi connectivity index (χ0v) is 13.1. The Bertz CT molecular complexity index is 475. The Morgan fingerprint density at radius 2 is 1.90 bits per heavy atom. The lowest BCUT2D eigenvalue weighted by Gasteiger charge is -2.37. The van der Waals surface area contributed by atoms with E-state index in [1.54, 1.807) is 0 Å². The molecule has 0 saturated carbocycles. The van der Waals surface area contributed by atoms with Gasteiger partial charge in [-0.05, 0) is 26.0 Å². The van der Waals surface area contributed by atoms with Crippen LogP contribution in [0.25, 0.3) is 0 Å². The standard InChI is InChI=1S/C17H25N3O/c1-3-9-19-10-12-20(13-11-19)16(14-18)15-7-5-6-8-17(15)21-4-2/h5-8,16H,3-4,9-13H2,1-2H3. The van der Waals surface area contributed by atoms with Crippen molar-refractivity contribution in [2.24, 2.45) is 0 Å². The molecule has 1 aliphatic heterocycles. The molecule has 2 rings (SSSR count). The van der Waals surface area contributed by atoms with Gasteiger partial charge in [-0.2, -0.15) is 5.26 Å². The summed E-state index contributed by atoms with van der Waals surface area (Å²) in [5.74, 6) is 0.836. The van der Waals surface area contributed by atoms with Gasteiger partial charge in [0.15, 0.2) is 0 Å². The van der Waals surface area contributed by atoms with E-state index in [1.165, 1.54) is 6.42 Å². The minimum absolute atomic E-state index is 0.212. The molecule has 0 amide bonds. The number of nitriles is 1. The molecule has 1 unspecified atom stereocenters. The summed E-state index contributed by atoms with van der Waals surface area (Å²) in [5, 5.41) is 9.63. The predicted octanol–water partition coefficient (Wildman–Crippen LogP) is 2.68. The van der Waals surface area contributed by atoms with Crippen molar-refractivity contribution in [3.8, 4) is 11.8 Å². The molecule has 0 bridgehead atoms. The molecule has 0 spiro atoms. The van der Waals surface area contributed by atoms with Gasteiger partial charge in [0, 0.05) is 31.7 Å². The largest absolute Gasteiger partial charge is 0.493 e. The topological polar surface area (TPSA) is 39.5 Å². The first-order valence-electron chi connectivity index (χ1n) is 7.87. The van der Waals surface area contributed by atoms with Crippen LogP contribution in [0.1, 0.15) is 31.9 Å². The summed E-state index contributed by atoms with van der Waals surface area (Å²) < 4.78 is 5.68. The maximum atomic E-state index is 9.63. The van der Waals surface area contributed by atoms with Crippen LogP contribution in [0.5, 0.6) is 5.75 Å². The lowest BCUT2D eigenvalue weighted by atomic mass is 10.0. The summed E-state index contributed by atoms with van der Waals surface area (Å²) in [6, 6.07) is 10.2. The molecule has 1 heterocycles. The second kappa shape index (κ2) is 8.02. The van der Waals surface area contributed by atoms with Crippen molar-refractivity contribution in [1.29, 1.82) is 5.26 Å². The van der Waals surface area contributed by atoms with Crippen LogP contribution in [0.15, 0.2) is 24.3 Å². The summed E-state index contributed by atoms with van der Waals surface area (Å²) >= 11 is 0. The molecule has 0 aliphatic carbocycles. The fourth-order valence-electron chi connectivity index (χ4n) is 2.90. The fraction of sp³-hybridized carbons (Fsp3) is 0.588. The van der Waals surface area contributed by atoms with E-state index in [9.17, 15) is 5.26 Å². The van der Waals surface area contributed by atoms with Crippen molar-refractivity contribution in [2.45, 2.75) is 26.3 Å². The summed E-state index contributed by atoms with van der Waals surface area (Å²) in [6.07, 6.45) is 1.19. The number of rotatable bonds is 6. The summed E-state index contributed by atoms with van der Waals surface area (Å²) in [5.41, 5.74) is 0.991. The third-order valence-electron chi connectivity index (χ3n) is 3.95. The van der Waals surface area contributed by atoms with Crippen LogP contribution in [0.4, 0.5) is 0 Å². The number of benzene rings is 1. The van der Waals surface area contributed by atoms with E-state index in [2.05, 4.69) is 22.8 Å². The van der Waals surface area contributed by atoms with E-state index < -0.39 is 0 Å². The second-order valence-corrected chi connectivity index (χ2v) is 5.38. The van der Waals surface area contributed by atoms with E-state index in [4.69, 9.17) is 4.74 Å². The highest BCUT2D eigenvalue weighted by atomic mass is 16.5. The van der Waals surface area contributed by atoms with E-state index in [0.717, 1.165) is 44.0 Å². The van der Waals surface area contributed by atoms with E-state index in [-0.39, 0.29) is 6.04 Å². The Morgan fingerprint density at radius 1 is 1.19 bits per heavy atom. The molecule has 0 aromatic heterocycles. The van der Waals surface area contributed by atoms with Crippen molar-refractivity contribution in [3.63, 3.8) is 0 Å². The summed E-state index contributed by atoms with van der Waals surface area (Å²) in [6.45, 7) is 9.94. The first kappa shape index (κ1) is 15.8. The molecule has 114 valence electrons. The minimum Gasteiger partial charge on any atom is -0.493 e. The molecular formula is C17H25N3O. The van der Waals surface area contributed by atoms with Crippen LogP contribution < -0.4 is 4.74 Å². The quantitative estimate of drug-likeness (QED) is 0.806. The molecule has 4 heteroatoms. The van der Waals surface area contributed by atoms with Crippen molar-refractivity contribution in [2.75, 3.05) is 39.3 Å². The van der Waals surface area contributed by atoms with Gasteiger partial charge in [0.1, 0.15) is 11.8 Å². The zero-order valence-electron chi connectivity index (χ0n) is 13.1. The van der Waals surface area contributed by atoms with Crippen LogP contribution >= 0.6 is 0 Å². The maximum Gasteiger partial charge on any atom is 0.127 e. The highest BCUT2D eigenvalue weighted by Gasteiger charge is 2.26. The van der Waals surface area contributed by atoms with Gasteiger partial charge in [-0.15, -0.1) is 0 Å². The molecule has 1 saturated heterocycles. The third kappa shape index (κ3) is 3.96. The Balaban J connectivity index is 2.09. The molecule has 21 heavy (non-hydrogen) atoms. The smallest absolute Gasteiger partial charge is 0.127 e. The maximum absolute atomic E-state index is 9.63. The first-order valence-corrected chi connectivity index (χ1v) is 7.87. The van der Waals surface area contributed by atoms with Gasteiger partial charge in [-0.3, -0.25) is 4.90 Å². The van der Waals surface area contributed by atoms with E-state index in [1.807, 2.05) is 31.2 Å². The molecule has 1 fully saturated rings. The normalized spacial score (nSPS) is 18.1. The summed E-state index contributed by atoms with van der Waals surface area (Å²) in [7, 11) is 0. The number of hydrogen-bond donors (Lipinski definition) is 0. The molecule has 0 N–H and O–H groups in total. The van der Waals surface area contributed by atoms with Gasteiger partial charge in [0.2, 0.25) is 0 Å². The van der Waals surface area contributed by atoms with Crippen LogP contribution in [-0.4, -0.2) is 49.1 Å². The Labute approximate surface area is 127 Å². The average molecular weight is 287 g/mol. The number of nitrogens with zero attached hydrogens (tertiary/aromatic N) is 3. The Morgan fingerprint density at radius 3 is 2.52 bits per heavy atom. The molecule has 0 radical (unpaired) electrons. The van der Waals surface area contributed by atoms with Crippen molar-refractivity contribution < 1.29 is 4.74 Å². The van der Waals surface area contributed by atoms with Crippen molar-refractivity contribution in [3.05, 3.63) is 29.8 Å². The minimum atomic E-state index is -0.212. The number of ether oxygens (including phenoxy) is 1. The van der Waals surface area contributed by atoms with Gasteiger partial charge in [-0.1, -0.05) is 25.1 Å². The van der Waals surface area contributed by atoms with E-state index in [0.29, 0.717) is 6.61 Å². The Hall–Kier alpha value is -1.57. The molecule has 1 atom stereocenters. The highest BCUT2D eigenvalue weighted by Crippen LogP contribution is 2.29. The zero-order chi connectivity index (χ0) is 15.1. The SMILES string of the molecule is CCCN1CCN(C(C#N)c2ccccc2OCC)CC1. The Kier molecular flexibility index (Phi) is 6.04. The van der Waals surface area contributed by atoms with Gasteiger partial charge in [-0.25, -0.2) is 0 Å². The van der Waals surface area contributed by atoms with Gasteiger partial charge in [0.05, 0.1) is 12.7 Å². The lowest BCUT2D eigenvalue weighted by Crippen LogP contribution is -2.47. The third-order valence-corrected chi connectivity index (χ3v) is 3.95. The number of piperazine rings is 1. The van der Waals surface area contributed by atoms with Crippen molar-refractivity contribution >= 4 is 0 Å². The van der Waals surface area contributed by atoms with Gasteiger partial charge >= 0.3 is 0 Å². The fourth-order valence-corrected chi connectivity index (χ4v) is 2.90. The molecule has 1 aliphatic rings. The first-order chi connectivity index (χ1) is 10.3. The second-order valence-electron chi connectivity index (χ2n) is 5.38. The highest BCUT2D eigenvalue weighted by molar-refractivity contribution is 5.38. The molecule has 1 aromatic rings. The van der Waals surface area contributed by atoms with Gasteiger partial charge < -0.3 is 9.64 Å². The van der Waals surface area contributed by atoms with E-state index >= 15 is 0 Å². The predicted molar refractivity (Wildman–Crippen MR) is 84.3 cm³/mol. The van der Waals surface area contributed by atoms with Crippen LogP contribution in [0.3, 0.4) is 0 Å². The lowest BCUT2D eigenvalue weighted by molar-refractivity contribution is 0.113. The monoisotopic (exact) mass is 287 g/mol. The summed E-state index contributed by atoms with van der Waals surface area (Å²) in [4.78, 5) is 4.74. The average Bonchev–Trinajstić information content (AvgIpc) is 2.52. The van der Waals surface area contributed by atoms with Crippen molar-refractivity contribution in [1.82, 2.24) is 9.80 Å².